The van der Waals surface area contributed by atoms with Crippen LogP contribution in [0.3, 0.4) is 0 Å². The SMILES string of the molecule is O=C(O)c1cc(F)c2nc(N3CC4CC3CC4OCc3c(-c4c(Cl)cccc4Cl)noc3C3CC3)sc2c1. The Hall–Kier alpha value is -2.72. The summed E-state index contributed by atoms with van der Waals surface area (Å²) in [7, 11) is 0. The molecule has 2 aliphatic carbocycles. The van der Waals surface area contributed by atoms with E-state index in [2.05, 4.69) is 15.0 Å². The Morgan fingerprint density at radius 2 is 2.03 bits per heavy atom. The molecule has 3 aliphatic rings. The molecule has 2 saturated carbocycles. The fraction of sp³-hybridized carbons (Fsp3) is 0.370. The molecule has 4 aromatic rings. The van der Waals surface area contributed by atoms with Crippen LogP contribution in [0, 0.1) is 11.7 Å². The first kappa shape index (κ1) is 24.3. The predicted molar refractivity (Wildman–Crippen MR) is 143 cm³/mol. The lowest BCUT2D eigenvalue weighted by Gasteiger charge is -2.31. The first-order valence-electron chi connectivity index (χ1n) is 12.5. The zero-order valence-electron chi connectivity index (χ0n) is 20.0. The summed E-state index contributed by atoms with van der Waals surface area (Å²) in [6.45, 7) is 1.12. The molecule has 0 amide bonds. The van der Waals surface area contributed by atoms with Gasteiger partial charge in [0.1, 0.15) is 17.0 Å². The summed E-state index contributed by atoms with van der Waals surface area (Å²) in [5, 5.41) is 15.4. The predicted octanol–water partition coefficient (Wildman–Crippen LogP) is 7.16. The molecule has 38 heavy (non-hydrogen) atoms. The topological polar surface area (TPSA) is 88.7 Å². The van der Waals surface area contributed by atoms with Gasteiger partial charge in [-0.05, 0) is 49.9 Å². The molecule has 1 N–H and O–H groups in total. The highest BCUT2D eigenvalue weighted by atomic mass is 35.5. The number of aromatic nitrogens is 2. The van der Waals surface area contributed by atoms with Crippen LogP contribution in [0.4, 0.5) is 9.52 Å². The summed E-state index contributed by atoms with van der Waals surface area (Å²) in [5.41, 5.74) is 2.37. The van der Waals surface area contributed by atoms with Crippen molar-refractivity contribution >= 4 is 55.9 Å². The maximum absolute atomic E-state index is 14.5. The molecule has 2 aromatic carbocycles. The Balaban J connectivity index is 1.09. The number of rotatable bonds is 7. The molecule has 3 atom stereocenters. The van der Waals surface area contributed by atoms with E-state index in [-0.39, 0.29) is 23.2 Å². The Labute approximate surface area is 231 Å². The third kappa shape index (κ3) is 4.07. The number of carboxylic acids is 1. The third-order valence-electron chi connectivity index (χ3n) is 7.81. The van der Waals surface area contributed by atoms with Crippen molar-refractivity contribution in [2.75, 3.05) is 11.4 Å². The van der Waals surface area contributed by atoms with Crippen molar-refractivity contribution in [3.05, 3.63) is 63.1 Å². The number of anilines is 1. The molecule has 2 bridgehead atoms. The van der Waals surface area contributed by atoms with Gasteiger partial charge in [0.25, 0.3) is 0 Å². The van der Waals surface area contributed by atoms with Gasteiger partial charge < -0.3 is 19.3 Å². The fourth-order valence-electron chi connectivity index (χ4n) is 5.81. The summed E-state index contributed by atoms with van der Waals surface area (Å²) in [5.74, 6) is -0.241. The minimum absolute atomic E-state index is 0.0671. The van der Waals surface area contributed by atoms with Gasteiger partial charge in [0.15, 0.2) is 10.9 Å². The second kappa shape index (κ2) is 9.19. The Morgan fingerprint density at radius 1 is 1.24 bits per heavy atom. The van der Waals surface area contributed by atoms with Crippen LogP contribution in [-0.4, -0.2) is 39.9 Å². The molecule has 3 heterocycles. The van der Waals surface area contributed by atoms with Crippen LogP contribution in [0.25, 0.3) is 21.5 Å². The number of nitrogens with zero attached hydrogens (tertiary/aromatic N) is 3. The molecular weight excluding hydrogens is 552 g/mol. The van der Waals surface area contributed by atoms with Crippen LogP contribution >= 0.6 is 34.5 Å². The number of ether oxygens (including phenoxy) is 1. The molecule has 3 fully saturated rings. The number of aromatic carboxylic acids is 1. The minimum atomic E-state index is -1.15. The number of piperidine rings is 1. The number of hydrogen-bond acceptors (Lipinski definition) is 7. The van der Waals surface area contributed by atoms with Crippen LogP contribution in [0.5, 0.6) is 0 Å². The van der Waals surface area contributed by atoms with E-state index in [4.69, 9.17) is 32.5 Å². The van der Waals surface area contributed by atoms with E-state index in [9.17, 15) is 14.3 Å². The lowest BCUT2D eigenvalue weighted by atomic mass is 10.0. The molecule has 7 nitrogen and oxygen atoms in total. The maximum atomic E-state index is 14.5. The van der Waals surface area contributed by atoms with Gasteiger partial charge in [0, 0.05) is 35.5 Å². The first-order chi connectivity index (χ1) is 18.4. The van der Waals surface area contributed by atoms with Crippen molar-refractivity contribution < 1.29 is 23.6 Å². The third-order valence-corrected chi connectivity index (χ3v) is 9.48. The van der Waals surface area contributed by atoms with Crippen molar-refractivity contribution in [2.45, 2.75) is 50.4 Å². The highest BCUT2D eigenvalue weighted by Gasteiger charge is 2.46. The van der Waals surface area contributed by atoms with Gasteiger partial charge >= 0.3 is 5.97 Å². The zero-order valence-corrected chi connectivity index (χ0v) is 22.3. The minimum Gasteiger partial charge on any atom is -0.478 e. The van der Waals surface area contributed by atoms with Gasteiger partial charge in [-0.15, -0.1) is 0 Å². The molecule has 7 rings (SSSR count). The van der Waals surface area contributed by atoms with Gasteiger partial charge in [-0.1, -0.05) is 45.8 Å². The second-order valence-corrected chi connectivity index (χ2v) is 12.1. The van der Waals surface area contributed by atoms with Crippen LogP contribution in [0.1, 0.15) is 53.3 Å². The van der Waals surface area contributed by atoms with E-state index in [0.29, 0.717) is 44.4 Å². The number of halogens is 3. The van der Waals surface area contributed by atoms with Crippen molar-refractivity contribution in [2.24, 2.45) is 5.92 Å². The van der Waals surface area contributed by atoms with Gasteiger partial charge in [0.2, 0.25) is 0 Å². The molecule has 2 aromatic heterocycles. The van der Waals surface area contributed by atoms with Crippen molar-refractivity contribution in [1.29, 1.82) is 0 Å². The van der Waals surface area contributed by atoms with E-state index in [1.807, 2.05) is 0 Å². The van der Waals surface area contributed by atoms with Crippen LogP contribution in [-0.2, 0) is 11.3 Å². The normalized spacial score (nSPS) is 22.6. The van der Waals surface area contributed by atoms with Crippen molar-refractivity contribution in [1.82, 2.24) is 10.1 Å². The van der Waals surface area contributed by atoms with Gasteiger partial charge in [0.05, 0.1) is 33.0 Å². The summed E-state index contributed by atoms with van der Waals surface area (Å²) >= 11 is 14.3. The number of thiazole rings is 1. The van der Waals surface area contributed by atoms with Crippen LogP contribution in [0.2, 0.25) is 10.0 Å². The highest BCUT2D eigenvalue weighted by molar-refractivity contribution is 7.22. The average Bonchev–Trinajstić information content (AvgIpc) is 3.22. The summed E-state index contributed by atoms with van der Waals surface area (Å²) in [6.07, 6.45) is 3.99. The molecule has 1 aliphatic heterocycles. The van der Waals surface area contributed by atoms with E-state index in [0.717, 1.165) is 54.7 Å². The number of hydrogen-bond donors (Lipinski definition) is 1. The summed E-state index contributed by atoms with van der Waals surface area (Å²) in [6, 6.07) is 8.13. The molecule has 196 valence electrons. The number of fused-ring (bicyclic) bond motifs is 3. The standard InChI is InChI=1S/C27H22Cl2FN3O4S/c28-17-2-1-3-18(29)22(17)23-16(25(37-32-23)12-4-5-12)11-36-20-9-15-6-14(20)10-33(15)27-31-24-19(30)7-13(26(34)35)8-21(24)38-27/h1-3,7-8,12,14-15,20H,4-6,9-11H2,(H,34,35). The summed E-state index contributed by atoms with van der Waals surface area (Å²) in [4.78, 5) is 18.0. The quantitative estimate of drug-likeness (QED) is 0.251. The molecule has 0 radical (unpaired) electrons. The number of benzene rings is 2. The monoisotopic (exact) mass is 573 g/mol. The Morgan fingerprint density at radius 3 is 2.71 bits per heavy atom. The lowest BCUT2D eigenvalue weighted by Crippen LogP contribution is -2.38. The van der Waals surface area contributed by atoms with Gasteiger partial charge in [-0.25, -0.2) is 14.2 Å². The van der Waals surface area contributed by atoms with Crippen molar-refractivity contribution in [3.8, 4) is 11.3 Å². The fourth-order valence-corrected chi connectivity index (χ4v) is 7.48. The molecule has 11 heteroatoms. The smallest absolute Gasteiger partial charge is 0.335 e. The highest BCUT2D eigenvalue weighted by Crippen LogP contribution is 2.48. The molecule has 1 saturated heterocycles. The largest absolute Gasteiger partial charge is 0.478 e. The van der Waals surface area contributed by atoms with E-state index in [1.54, 1.807) is 18.2 Å². The van der Waals surface area contributed by atoms with E-state index < -0.39 is 11.8 Å². The zero-order chi connectivity index (χ0) is 26.1. The van der Waals surface area contributed by atoms with Crippen LogP contribution < -0.4 is 4.90 Å². The molecule has 0 spiro atoms. The number of carbonyl (C=O) groups is 1. The second-order valence-electron chi connectivity index (χ2n) is 10.2. The van der Waals surface area contributed by atoms with Crippen LogP contribution in [0.15, 0.2) is 34.9 Å². The summed E-state index contributed by atoms with van der Waals surface area (Å²) < 4.78 is 27.3. The lowest BCUT2D eigenvalue weighted by molar-refractivity contribution is 0.0122. The first-order valence-corrected chi connectivity index (χ1v) is 14.1. The van der Waals surface area contributed by atoms with E-state index in [1.165, 1.54) is 17.4 Å². The molecular formula is C27H22Cl2FN3O4S. The van der Waals surface area contributed by atoms with Gasteiger partial charge in [-0.3, -0.25) is 0 Å². The Bertz CT molecular complexity index is 1570. The maximum Gasteiger partial charge on any atom is 0.335 e. The number of carboxylic acid groups (broad SMARTS) is 1. The van der Waals surface area contributed by atoms with Gasteiger partial charge in [-0.2, -0.15) is 0 Å². The van der Waals surface area contributed by atoms with Crippen molar-refractivity contribution in [3.63, 3.8) is 0 Å². The average molecular weight is 574 g/mol. The van der Waals surface area contributed by atoms with E-state index >= 15 is 0 Å². The molecule has 3 unspecified atom stereocenters. The Kier molecular flexibility index (Phi) is 5.88.